The molecule has 8 heteroatoms. The molecule has 0 aliphatic carbocycles. The predicted octanol–water partition coefficient (Wildman–Crippen LogP) is 2.45. The number of anilines is 2. The summed E-state index contributed by atoms with van der Waals surface area (Å²) in [5, 5.41) is 5.30. The standard InChI is InChI=1S/C18H20N6OS/c1-3-4-12(2)5-7-20-16(25)15-11-26-18(23-15)24-8-6-14-13(10-24)9-21-17(19)22-14/h3-5,7,9,11H,1,6,8,10H2,2H3,(H,20,25)(H2,19,21,22). The van der Waals surface area contributed by atoms with Crippen LogP contribution in [0, 0.1) is 0 Å². The van der Waals surface area contributed by atoms with Gasteiger partial charge < -0.3 is 16.0 Å². The first kappa shape index (κ1) is 17.8. The number of rotatable bonds is 5. The van der Waals surface area contributed by atoms with Gasteiger partial charge in [0.05, 0.1) is 5.69 Å². The van der Waals surface area contributed by atoms with Crippen LogP contribution in [-0.4, -0.2) is 27.4 Å². The van der Waals surface area contributed by atoms with E-state index < -0.39 is 0 Å². The molecule has 7 nitrogen and oxygen atoms in total. The Balaban J connectivity index is 1.65. The molecule has 3 rings (SSSR count). The van der Waals surface area contributed by atoms with Crippen LogP contribution in [0.4, 0.5) is 11.1 Å². The fourth-order valence-electron chi connectivity index (χ4n) is 2.57. The first-order valence-corrected chi connectivity index (χ1v) is 9.02. The van der Waals surface area contributed by atoms with Crippen molar-refractivity contribution in [3.05, 3.63) is 65.1 Å². The van der Waals surface area contributed by atoms with Crippen molar-refractivity contribution in [2.75, 3.05) is 17.2 Å². The Morgan fingerprint density at radius 3 is 3.12 bits per heavy atom. The molecule has 0 saturated carbocycles. The lowest BCUT2D eigenvalue weighted by molar-refractivity contribution is 0.0966. The van der Waals surface area contributed by atoms with Crippen LogP contribution in [0.1, 0.15) is 28.7 Å². The minimum Gasteiger partial charge on any atom is -0.368 e. The Morgan fingerprint density at radius 2 is 2.31 bits per heavy atom. The summed E-state index contributed by atoms with van der Waals surface area (Å²) >= 11 is 1.45. The van der Waals surface area contributed by atoms with Crippen molar-refractivity contribution in [2.24, 2.45) is 0 Å². The van der Waals surface area contributed by atoms with Gasteiger partial charge in [-0.3, -0.25) is 4.79 Å². The number of allylic oxidation sites excluding steroid dienone is 4. The van der Waals surface area contributed by atoms with Gasteiger partial charge in [0.2, 0.25) is 5.95 Å². The smallest absolute Gasteiger partial charge is 0.274 e. The van der Waals surface area contributed by atoms with Crippen molar-refractivity contribution in [1.82, 2.24) is 20.3 Å². The van der Waals surface area contributed by atoms with Crippen molar-refractivity contribution < 1.29 is 4.79 Å². The van der Waals surface area contributed by atoms with Gasteiger partial charge in [0.15, 0.2) is 5.13 Å². The second-order valence-corrected chi connectivity index (χ2v) is 6.68. The Morgan fingerprint density at radius 1 is 1.46 bits per heavy atom. The molecular weight excluding hydrogens is 348 g/mol. The van der Waals surface area contributed by atoms with Crippen LogP contribution < -0.4 is 16.0 Å². The predicted molar refractivity (Wildman–Crippen MR) is 104 cm³/mol. The number of amides is 1. The Hall–Kier alpha value is -3.00. The average Bonchev–Trinajstić information content (AvgIpc) is 3.11. The van der Waals surface area contributed by atoms with Crippen LogP contribution in [0.5, 0.6) is 0 Å². The molecule has 1 aliphatic rings. The minimum atomic E-state index is -0.233. The third-order valence-corrected chi connectivity index (χ3v) is 4.79. The van der Waals surface area contributed by atoms with Gasteiger partial charge in [0, 0.05) is 42.9 Å². The molecule has 0 aromatic carbocycles. The molecule has 0 atom stereocenters. The van der Waals surface area contributed by atoms with E-state index in [9.17, 15) is 4.79 Å². The lowest BCUT2D eigenvalue weighted by atomic mass is 10.1. The average molecular weight is 368 g/mol. The number of carbonyl (C=O) groups is 1. The van der Waals surface area contributed by atoms with E-state index >= 15 is 0 Å². The number of nitrogens with one attached hydrogen (secondary N) is 1. The SMILES string of the molecule is C=CC=C(C)C=CNC(=O)c1csc(N2CCc3nc(N)ncc3C2)n1. The molecule has 0 fully saturated rings. The summed E-state index contributed by atoms with van der Waals surface area (Å²) in [7, 11) is 0. The number of nitrogens with two attached hydrogens (primary N) is 1. The van der Waals surface area contributed by atoms with Gasteiger partial charge in [0.25, 0.3) is 5.91 Å². The van der Waals surface area contributed by atoms with E-state index in [4.69, 9.17) is 5.73 Å². The number of carbonyl (C=O) groups excluding carboxylic acids is 1. The van der Waals surface area contributed by atoms with E-state index in [1.165, 1.54) is 11.3 Å². The Bertz CT molecular complexity index is 886. The van der Waals surface area contributed by atoms with E-state index in [0.717, 1.165) is 34.9 Å². The van der Waals surface area contributed by atoms with Crippen LogP contribution >= 0.6 is 11.3 Å². The van der Waals surface area contributed by atoms with Crippen molar-refractivity contribution >= 4 is 28.3 Å². The number of hydrogen-bond acceptors (Lipinski definition) is 7. The number of aromatic nitrogens is 3. The molecule has 1 aliphatic heterocycles. The summed E-state index contributed by atoms with van der Waals surface area (Å²) in [6.45, 7) is 7.00. The second-order valence-electron chi connectivity index (χ2n) is 5.84. The van der Waals surface area contributed by atoms with E-state index in [0.29, 0.717) is 18.2 Å². The topological polar surface area (TPSA) is 97.0 Å². The summed E-state index contributed by atoms with van der Waals surface area (Å²) in [5.74, 6) is 0.0697. The third kappa shape index (κ3) is 4.15. The molecule has 26 heavy (non-hydrogen) atoms. The summed E-state index contributed by atoms with van der Waals surface area (Å²) in [5.41, 5.74) is 9.06. The van der Waals surface area contributed by atoms with E-state index in [2.05, 4.69) is 31.7 Å². The van der Waals surface area contributed by atoms with Crippen molar-refractivity contribution in [1.29, 1.82) is 0 Å². The van der Waals surface area contributed by atoms with Crippen LogP contribution in [0.3, 0.4) is 0 Å². The van der Waals surface area contributed by atoms with Gasteiger partial charge in [-0.15, -0.1) is 11.3 Å². The van der Waals surface area contributed by atoms with Crippen molar-refractivity contribution in [3.63, 3.8) is 0 Å². The first-order chi connectivity index (χ1) is 12.6. The van der Waals surface area contributed by atoms with Gasteiger partial charge >= 0.3 is 0 Å². The zero-order valence-corrected chi connectivity index (χ0v) is 15.3. The van der Waals surface area contributed by atoms with Crippen LogP contribution in [-0.2, 0) is 13.0 Å². The lowest BCUT2D eigenvalue weighted by Crippen LogP contribution is -2.31. The van der Waals surface area contributed by atoms with Gasteiger partial charge in [-0.05, 0) is 18.6 Å². The van der Waals surface area contributed by atoms with Crippen LogP contribution in [0.15, 0.2) is 48.2 Å². The summed E-state index contributed by atoms with van der Waals surface area (Å²) < 4.78 is 0. The molecule has 0 spiro atoms. The fraction of sp³-hybridized carbons (Fsp3) is 0.222. The summed E-state index contributed by atoms with van der Waals surface area (Å²) in [6, 6.07) is 0. The molecule has 3 heterocycles. The molecule has 0 radical (unpaired) electrons. The normalized spacial score (nSPS) is 14.3. The molecule has 1 amide bonds. The Labute approximate surface area is 156 Å². The highest BCUT2D eigenvalue weighted by molar-refractivity contribution is 7.13. The monoisotopic (exact) mass is 368 g/mol. The highest BCUT2D eigenvalue weighted by Crippen LogP contribution is 2.26. The summed E-state index contributed by atoms with van der Waals surface area (Å²) in [4.78, 5) is 27.1. The molecule has 0 bridgehead atoms. The molecule has 3 N–H and O–H groups in total. The second kappa shape index (κ2) is 7.92. The van der Waals surface area contributed by atoms with Crippen molar-refractivity contribution in [3.8, 4) is 0 Å². The van der Waals surface area contributed by atoms with E-state index in [-0.39, 0.29) is 5.91 Å². The molecule has 134 valence electrons. The fourth-order valence-corrected chi connectivity index (χ4v) is 3.41. The maximum atomic E-state index is 12.2. The highest BCUT2D eigenvalue weighted by atomic mass is 32.1. The Kier molecular flexibility index (Phi) is 5.43. The maximum absolute atomic E-state index is 12.2. The number of nitrogens with zero attached hydrogens (tertiary/aromatic N) is 4. The van der Waals surface area contributed by atoms with Gasteiger partial charge in [-0.2, -0.15) is 0 Å². The molecule has 2 aromatic rings. The lowest BCUT2D eigenvalue weighted by Gasteiger charge is -2.27. The molecular formula is C18H20N6OS. The number of fused-ring (bicyclic) bond motifs is 1. The maximum Gasteiger partial charge on any atom is 0.274 e. The van der Waals surface area contributed by atoms with Crippen molar-refractivity contribution in [2.45, 2.75) is 19.9 Å². The summed E-state index contributed by atoms with van der Waals surface area (Å²) in [6.07, 6.45) is 9.50. The van der Waals surface area contributed by atoms with Gasteiger partial charge in [-0.1, -0.05) is 18.7 Å². The van der Waals surface area contributed by atoms with Crippen LogP contribution in [0.25, 0.3) is 0 Å². The third-order valence-electron chi connectivity index (χ3n) is 3.89. The molecule has 2 aromatic heterocycles. The zero-order chi connectivity index (χ0) is 18.5. The number of nitrogen functional groups attached to an aromatic ring is 1. The number of thiazole rings is 1. The van der Waals surface area contributed by atoms with E-state index in [1.54, 1.807) is 29.9 Å². The zero-order valence-electron chi connectivity index (χ0n) is 14.5. The van der Waals surface area contributed by atoms with Crippen LogP contribution in [0.2, 0.25) is 0 Å². The van der Waals surface area contributed by atoms with Gasteiger partial charge in [-0.25, -0.2) is 15.0 Å². The minimum absolute atomic E-state index is 0.233. The highest BCUT2D eigenvalue weighted by Gasteiger charge is 2.21. The molecule has 0 saturated heterocycles. The van der Waals surface area contributed by atoms with Gasteiger partial charge in [0.1, 0.15) is 5.69 Å². The quantitative estimate of drug-likeness (QED) is 0.787. The largest absolute Gasteiger partial charge is 0.368 e. The number of hydrogen-bond donors (Lipinski definition) is 2. The van der Waals surface area contributed by atoms with E-state index in [1.807, 2.05) is 13.0 Å². The molecule has 0 unspecified atom stereocenters. The first-order valence-electron chi connectivity index (χ1n) is 8.14.